The fourth-order valence-electron chi connectivity index (χ4n) is 2.15. The Labute approximate surface area is 137 Å². The Morgan fingerprint density at radius 2 is 1.82 bits per heavy atom. The van der Waals surface area contributed by atoms with Crippen molar-refractivity contribution in [3.05, 3.63) is 64.8 Å². The van der Waals surface area contributed by atoms with Crippen molar-refractivity contribution in [2.45, 2.75) is 0 Å². The van der Waals surface area contributed by atoms with Crippen molar-refractivity contribution in [1.82, 2.24) is 5.32 Å². The van der Waals surface area contributed by atoms with Crippen LogP contribution in [0, 0.1) is 0 Å². The van der Waals surface area contributed by atoms with E-state index >= 15 is 0 Å². The Balaban J connectivity index is 1.99. The van der Waals surface area contributed by atoms with Gasteiger partial charge in [0.15, 0.2) is 5.11 Å². The molecule has 0 atom stereocenters. The maximum atomic E-state index is 12.6. The highest BCUT2D eigenvalue weighted by molar-refractivity contribution is 7.80. The number of phenolic OH excluding ortho intramolecular Hbond substituents is 1. The lowest BCUT2D eigenvalue weighted by Gasteiger charge is -2.15. The number of para-hydroxylation sites is 2. The molecule has 2 aromatic carbocycles. The van der Waals surface area contributed by atoms with Gasteiger partial charge in [-0.15, -0.1) is 0 Å². The summed E-state index contributed by atoms with van der Waals surface area (Å²) in [5.41, 5.74) is 1.33. The minimum atomic E-state index is -0.318. The van der Waals surface area contributed by atoms with Crippen LogP contribution in [-0.2, 0) is 4.79 Å². The molecule has 110 valence electrons. The predicted octanol–water partition coefficient (Wildman–Crippen LogP) is 3.31. The molecule has 0 aliphatic carbocycles. The summed E-state index contributed by atoms with van der Waals surface area (Å²) in [7, 11) is 0. The Kier molecular flexibility index (Phi) is 3.83. The number of thiocarbonyl (C=S) groups is 1. The molecule has 1 heterocycles. The molecule has 0 spiro atoms. The fraction of sp³-hybridized carbons (Fsp3) is 0. The predicted molar refractivity (Wildman–Crippen MR) is 90.8 cm³/mol. The molecule has 1 aliphatic rings. The molecule has 2 N–H and O–H groups in total. The van der Waals surface area contributed by atoms with E-state index in [1.807, 2.05) is 0 Å². The van der Waals surface area contributed by atoms with Crippen molar-refractivity contribution in [2.24, 2.45) is 0 Å². The Bertz CT molecular complexity index is 804. The van der Waals surface area contributed by atoms with E-state index in [1.165, 1.54) is 4.90 Å². The third-order valence-electron chi connectivity index (χ3n) is 3.21. The Morgan fingerprint density at radius 3 is 2.55 bits per heavy atom. The second-order valence-corrected chi connectivity index (χ2v) is 5.43. The van der Waals surface area contributed by atoms with Crippen molar-refractivity contribution in [1.29, 1.82) is 0 Å². The third kappa shape index (κ3) is 2.56. The van der Waals surface area contributed by atoms with Gasteiger partial charge in [0, 0.05) is 5.56 Å². The summed E-state index contributed by atoms with van der Waals surface area (Å²) in [6, 6.07) is 13.7. The van der Waals surface area contributed by atoms with Gasteiger partial charge in [-0.05, 0) is 36.5 Å². The quantitative estimate of drug-likeness (QED) is 0.655. The minimum absolute atomic E-state index is 0.0895. The Morgan fingerprint density at radius 1 is 1.14 bits per heavy atom. The maximum absolute atomic E-state index is 12.6. The van der Waals surface area contributed by atoms with Crippen LogP contribution in [0.2, 0.25) is 5.02 Å². The van der Waals surface area contributed by atoms with Gasteiger partial charge >= 0.3 is 0 Å². The van der Waals surface area contributed by atoms with E-state index in [0.717, 1.165) is 0 Å². The summed E-state index contributed by atoms with van der Waals surface area (Å²) in [6.45, 7) is 0. The normalized spacial score (nSPS) is 16.2. The smallest absolute Gasteiger partial charge is 0.281 e. The number of phenols is 1. The highest BCUT2D eigenvalue weighted by Gasteiger charge is 2.33. The molecule has 1 saturated heterocycles. The molecule has 0 radical (unpaired) electrons. The van der Waals surface area contributed by atoms with E-state index < -0.39 is 0 Å². The molecule has 2 aromatic rings. The number of carbonyl (C=O) groups excluding carboxylic acids is 1. The SMILES string of the molecule is O=C1/C(=C/c2ccccc2O)NC(=S)N1c1ccccc1Cl. The van der Waals surface area contributed by atoms with Crippen molar-refractivity contribution in [3.63, 3.8) is 0 Å². The van der Waals surface area contributed by atoms with Crippen molar-refractivity contribution < 1.29 is 9.90 Å². The highest BCUT2D eigenvalue weighted by atomic mass is 35.5. The van der Waals surface area contributed by atoms with Crippen LogP contribution in [-0.4, -0.2) is 16.1 Å². The fourth-order valence-corrected chi connectivity index (χ4v) is 2.66. The number of nitrogens with zero attached hydrogens (tertiary/aromatic N) is 1. The molecule has 22 heavy (non-hydrogen) atoms. The standard InChI is InChI=1S/C16H11ClN2O2S/c17-11-6-2-3-7-13(11)19-15(21)12(18-16(19)22)9-10-5-1-4-8-14(10)20/h1-9,20H,(H,18,22)/b12-9-. The van der Waals surface area contributed by atoms with E-state index in [9.17, 15) is 9.90 Å². The van der Waals surface area contributed by atoms with E-state index in [4.69, 9.17) is 23.8 Å². The lowest BCUT2D eigenvalue weighted by Crippen LogP contribution is -2.30. The van der Waals surface area contributed by atoms with Gasteiger partial charge in [-0.3, -0.25) is 9.69 Å². The second-order valence-electron chi connectivity index (χ2n) is 4.64. The van der Waals surface area contributed by atoms with Gasteiger partial charge < -0.3 is 10.4 Å². The molecule has 0 bridgehead atoms. The summed E-state index contributed by atoms with van der Waals surface area (Å²) in [5.74, 6) is -0.229. The van der Waals surface area contributed by atoms with Gasteiger partial charge in [-0.25, -0.2) is 0 Å². The first-order valence-electron chi connectivity index (χ1n) is 6.47. The zero-order valence-corrected chi connectivity index (χ0v) is 12.9. The first-order chi connectivity index (χ1) is 10.6. The van der Waals surface area contributed by atoms with E-state index in [2.05, 4.69) is 5.32 Å². The van der Waals surface area contributed by atoms with Crippen LogP contribution in [0.5, 0.6) is 5.75 Å². The third-order valence-corrected chi connectivity index (χ3v) is 3.81. The first-order valence-corrected chi connectivity index (χ1v) is 7.26. The summed E-state index contributed by atoms with van der Waals surface area (Å²) >= 11 is 11.3. The topological polar surface area (TPSA) is 52.6 Å². The number of benzene rings is 2. The molecule has 0 saturated carbocycles. The monoisotopic (exact) mass is 330 g/mol. The van der Waals surface area contributed by atoms with Gasteiger partial charge in [0.2, 0.25) is 0 Å². The summed E-state index contributed by atoms with van der Waals surface area (Å²) in [6.07, 6.45) is 1.56. The molecule has 0 aromatic heterocycles. The van der Waals surface area contributed by atoms with Crippen LogP contribution < -0.4 is 10.2 Å². The number of anilines is 1. The van der Waals surface area contributed by atoms with Gasteiger partial charge in [-0.1, -0.05) is 41.9 Å². The highest BCUT2D eigenvalue weighted by Crippen LogP contribution is 2.30. The zero-order chi connectivity index (χ0) is 15.7. The van der Waals surface area contributed by atoms with E-state index in [0.29, 0.717) is 16.3 Å². The van der Waals surface area contributed by atoms with Gasteiger partial charge in [-0.2, -0.15) is 0 Å². The second kappa shape index (κ2) is 5.79. The largest absolute Gasteiger partial charge is 0.507 e. The molecule has 6 heteroatoms. The number of carbonyl (C=O) groups is 1. The van der Waals surface area contributed by atoms with Gasteiger partial charge in [0.05, 0.1) is 10.7 Å². The summed E-state index contributed by atoms with van der Waals surface area (Å²) < 4.78 is 0. The first kappa shape index (κ1) is 14.6. The number of aromatic hydroxyl groups is 1. The van der Waals surface area contributed by atoms with Crippen molar-refractivity contribution in [3.8, 4) is 5.75 Å². The number of nitrogens with one attached hydrogen (secondary N) is 1. The number of rotatable bonds is 2. The summed E-state index contributed by atoms with van der Waals surface area (Å²) in [5, 5.41) is 13.3. The van der Waals surface area contributed by atoms with Gasteiger partial charge in [0.1, 0.15) is 11.4 Å². The van der Waals surface area contributed by atoms with E-state index in [-0.39, 0.29) is 22.5 Å². The maximum Gasteiger partial charge on any atom is 0.281 e. The lowest BCUT2D eigenvalue weighted by atomic mass is 10.1. The van der Waals surface area contributed by atoms with Crippen LogP contribution >= 0.6 is 23.8 Å². The van der Waals surface area contributed by atoms with Crippen LogP contribution in [0.15, 0.2) is 54.2 Å². The van der Waals surface area contributed by atoms with Crippen molar-refractivity contribution in [2.75, 3.05) is 4.90 Å². The lowest BCUT2D eigenvalue weighted by molar-refractivity contribution is -0.113. The van der Waals surface area contributed by atoms with Crippen LogP contribution in [0.25, 0.3) is 6.08 Å². The van der Waals surface area contributed by atoms with Gasteiger partial charge in [0.25, 0.3) is 5.91 Å². The zero-order valence-electron chi connectivity index (χ0n) is 11.3. The average Bonchev–Trinajstić information content (AvgIpc) is 2.77. The number of hydrogen-bond acceptors (Lipinski definition) is 3. The van der Waals surface area contributed by atoms with Crippen LogP contribution in [0.1, 0.15) is 5.56 Å². The number of hydrogen-bond donors (Lipinski definition) is 2. The molecule has 0 unspecified atom stereocenters. The Hall–Kier alpha value is -2.37. The number of halogens is 1. The molecule has 3 rings (SSSR count). The summed E-state index contributed by atoms with van der Waals surface area (Å²) in [4.78, 5) is 13.9. The molecule has 1 amide bonds. The van der Waals surface area contributed by atoms with Crippen LogP contribution in [0.4, 0.5) is 5.69 Å². The molecule has 4 nitrogen and oxygen atoms in total. The number of amides is 1. The minimum Gasteiger partial charge on any atom is -0.507 e. The van der Waals surface area contributed by atoms with E-state index in [1.54, 1.807) is 54.6 Å². The molecule has 1 fully saturated rings. The molecule has 1 aliphatic heterocycles. The molecular formula is C16H11ClN2O2S. The van der Waals surface area contributed by atoms with Crippen LogP contribution in [0.3, 0.4) is 0 Å². The molecular weight excluding hydrogens is 320 g/mol. The average molecular weight is 331 g/mol. The van der Waals surface area contributed by atoms with Crippen molar-refractivity contribution >= 4 is 46.6 Å².